The van der Waals surface area contributed by atoms with E-state index in [0.29, 0.717) is 11.4 Å². The molecule has 3 nitrogen and oxygen atoms in total. The van der Waals surface area contributed by atoms with Crippen LogP contribution < -0.4 is 5.32 Å². The van der Waals surface area contributed by atoms with Gasteiger partial charge in [0.1, 0.15) is 0 Å². The van der Waals surface area contributed by atoms with E-state index in [4.69, 9.17) is 11.6 Å². The number of H-pyrrole nitrogens is 1. The van der Waals surface area contributed by atoms with Crippen LogP contribution in [0.5, 0.6) is 0 Å². The second kappa shape index (κ2) is 5.02. The Bertz CT molecular complexity index is 587. The fourth-order valence-corrected chi connectivity index (χ4v) is 2.29. The van der Waals surface area contributed by atoms with E-state index in [9.17, 15) is 4.79 Å². The summed E-state index contributed by atoms with van der Waals surface area (Å²) < 4.78 is 0. The van der Waals surface area contributed by atoms with Gasteiger partial charge in [-0.2, -0.15) is 0 Å². The molecule has 2 rings (SSSR count). The molecular formula is C14H17ClN2O. The summed E-state index contributed by atoms with van der Waals surface area (Å²) in [5.74, 6) is 0.0361. The first-order valence-corrected chi connectivity index (χ1v) is 6.41. The summed E-state index contributed by atoms with van der Waals surface area (Å²) in [5.41, 5.74) is 3.06. The highest BCUT2D eigenvalue weighted by molar-refractivity contribution is 6.31. The molecule has 0 saturated heterocycles. The van der Waals surface area contributed by atoms with Crippen molar-refractivity contribution < 1.29 is 4.79 Å². The summed E-state index contributed by atoms with van der Waals surface area (Å²) in [6.07, 6.45) is 0.379. The van der Waals surface area contributed by atoms with Gasteiger partial charge in [-0.25, -0.2) is 0 Å². The number of benzene rings is 1. The summed E-state index contributed by atoms with van der Waals surface area (Å²) in [6, 6.07) is 5.84. The Kier molecular flexibility index (Phi) is 3.62. The molecule has 18 heavy (non-hydrogen) atoms. The normalized spacial score (nSPS) is 11.2. The van der Waals surface area contributed by atoms with E-state index in [1.165, 1.54) is 0 Å². The average molecular weight is 265 g/mol. The van der Waals surface area contributed by atoms with Crippen LogP contribution in [0.3, 0.4) is 0 Å². The fraction of sp³-hybridized carbons (Fsp3) is 0.357. The molecule has 0 unspecified atom stereocenters. The number of aromatic amines is 1. The number of halogens is 1. The van der Waals surface area contributed by atoms with E-state index in [0.717, 1.165) is 22.2 Å². The maximum absolute atomic E-state index is 11.8. The van der Waals surface area contributed by atoms with Crippen LogP contribution in [0.2, 0.25) is 5.02 Å². The summed E-state index contributed by atoms with van der Waals surface area (Å²) in [7, 11) is 0. The number of fused-ring (bicyclic) bond motifs is 1. The third kappa shape index (κ3) is 2.67. The van der Waals surface area contributed by atoms with Crippen molar-refractivity contribution in [1.82, 2.24) is 10.3 Å². The van der Waals surface area contributed by atoms with Gasteiger partial charge in [0.05, 0.1) is 6.42 Å². The van der Waals surface area contributed by atoms with Gasteiger partial charge in [-0.1, -0.05) is 11.6 Å². The van der Waals surface area contributed by atoms with Crippen LogP contribution in [0, 0.1) is 6.92 Å². The highest BCUT2D eigenvalue weighted by Gasteiger charge is 2.13. The van der Waals surface area contributed by atoms with E-state index in [1.807, 2.05) is 39.0 Å². The first kappa shape index (κ1) is 13.0. The van der Waals surface area contributed by atoms with Crippen LogP contribution in [0.1, 0.15) is 25.1 Å². The molecule has 1 heterocycles. The van der Waals surface area contributed by atoms with Crippen molar-refractivity contribution in [2.75, 3.05) is 0 Å². The zero-order valence-corrected chi connectivity index (χ0v) is 11.6. The van der Waals surface area contributed by atoms with Gasteiger partial charge in [0.15, 0.2) is 0 Å². The van der Waals surface area contributed by atoms with Crippen molar-refractivity contribution in [2.45, 2.75) is 33.2 Å². The zero-order chi connectivity index (χ0) is 13.3. The number of nitrogens with one attached hydrogen (secondary N) is 2. The highest BCUT2D eigenvalue weighted by Crippen LogP contribution is 2.25. The molecule has 1 amide bonds. The summed E-state index contributed by atoms with van der Waals surface area (Å²) in [6.45, 7) is 5.89. The molecule has 0 atom stereocenters. The van der Waals surface area contributed by atoms with E-state index in [2.05, 4.69) is 10.3 Å². The smallest absolute Gasteiger partial charge is 0.224 e. The van der Waals surface area contributed by atoms with Gasteiger partial charge in [0.25, 0.3) is 0 Å². The number of carbonyl (C=O) groups excluding carboxylic acids is 1. The third-order valence-corrected chi connectivity index (χ3v) is 3.10. The predicted octanol–water partition coefficient (Wildman–Crippen LogP) is 3.20. The van der Waals surface area contributed by atoms with Gasteiger partial charge in [0, 0.05) is 27.7 Å². The minimum atomic E-state index is 0.0361. The largest absolute Gasteiger partial charge is 0.358 e. The number of carbonyl (C=O) groups is 1. The minimum absolute atomic E-state index is 0.0361. The van der Waals surface area contributed by atoms with Crippen molar-refractivity contribution in [1.29, 1.82) is 0 Å². The lowest BCUT2D eigenvalue weighted by atomic mass is 10.1. The van der Waals surface area contributed by atoms with Crippen molar-refractivity contribution >= 4 is 28.4 Å². The van der Waals surface area contributed by atoms with Crippen molar-refractivity contribution in [3.8, 4) is 0 Å². The van der Waals surface area contributed by atoms with Gasteiger partial charge in [-0.05, 0) is 44.5 Å². The van der Waals surface area contributed by atoms with Crippen LogP contribution >= 0.6 is 11.6 Å². The molecule has 2 N–H and O–H groups in total. The molecule has 0 bridgehead atoms. The molecule has 0 aliphatic heterocycles. The fourth-order valence-electron chi connectivity index (χ4n) is 2.12. The first-order chi connectivity index (χ1) is 8.47. The van der Waals surface area contributed by atoms with Crippen LogP contribution in [-0.4, -0.2) is 16.9 Å². The van der Waals surface area contributed by atoms with Crippen LogP contribution in [0.15, 0.2) is 18.2 Å². The number of hydrogen-bond donors (Lipinski definition) is 2. The lowest BCUT2D eigenvalue weighted by molar-refractivity contribution is -0.120. The molecule has 0 aliphatic rings. The quantitative estimate of drug-likeness (QED) is 0.879. The third-order valence-electron chi connectivity index (χ3n) is 2.87. The Labute approximate surface area is 112 Å². The van der Waals surface area contributed by atoms with Crippen molar-refractivity contribution in [3.63, 3.8) is 0 Å². The lowest BCUT2D eigenvalue weighted by Crippen LogP contribution is -2.31. The molecule has 0 spiro atoms. The molecule has 0 aliphatic carbocycles. The standard InChI is InChI=1S/C14H17ClN2O/c1-8(2)16-14(18)7-11-9(3)17-13-5-4-10(15)6-12(11)13/h4-6,8,17H,7H2,1-3H3,(H,16,18). The molecule has 0 fully saturated rings. The van der Waals surface area contributed by atoms with E-state index >= 15 is 0 Å². The number of aromatic nitrogens is 1. The average Bonchev–Trinajstić information content (AvgIpc) is 2.55. The van der Waals surface area contributed by atoms with Crippen LogP contribution in [0.25, 0.3) is 10.9 Å². The number of hydrogen-bond acceptors (Lipinski definition) is 1. The van der Waals surface area contributed by atoms with Gasteiger partial charge in [-0.15, -0.1) is 0 Å². The molecule has 1 aromatic carbocycles. The summed E-state index contributed by atoms with van der Waals surface area (Å²) >= 11 is 6.01. The lowest BCUT2D eigenvalue weighted by Gasteiger charge is -2.08. The summed E-state index contributed by atoms with van der Waals surface area (Å²) in [5, 5.41) is 4.62. The van der Waals surface area contributed by atoms with E-state index < -0.39 is 0 Å². The molecule has 4 heteroatoms. The number of aryl methyl sites for hydroxylation is 1. The zero-order valence-electron chi connectivity index (χ0n) is 10.8. The Morgan fingerprint density at radius 1 is 1.44 bits per heavy atom. The topological polar surface area (TPSA) is 44.9 Å². The van der Waals surface area contributed by atoms with Crippen LogP contribution in [0.4, 0.5) is 0 Å². The second-order valence-electron chi connectivity index (χ2n) is 4.82. The van der Waals surface area contributed by atoms with E-state index in [1.54, 1.807) is 0 Å². The molecule has 0 saturated carbocycles. The van der Waals surface area contributed by atoms with Gasteiger partial charge in [0.2, 0.25) is 5.91 Å². The van der Waals surface area contributed by atoms with Gasteiger partial charge < -0.3 is 10.3 Å². The van der Waals surface area contributed by atoms with Crippen LogP contribution in [-0.2, 0) is 11.2 Å². The van der Waals surface area contributed by atoms with Crippen molar-refractivity contribution in [2.24, 2.45) is 0 Å². The highest BCUT2D eigenvalue weighted by atomic mass is 35.5. The van der Waals surface area contributed by atoms with Gasteiger partial charge in [-0.3, -0.25) is 4.79 Å². The number of amides is 1. The van der Waals surface area contributed by atoms with E-state index in [-0.39, 0.29) is 11.9 Å². The molecule has 1 aromatic heterocycles. The number of rotatable bonds is 3. The predicted molar refractivity (Wildman–Crippen MR) is 75.0 cm³/mol. The molecular weight excluding hydrogens is 248 g/mol. The monoisotopic (exact) mass is 264 g/mol. The summed E-state index contributed by atoms with van der Waals surface area (Å²) in [4.78, 5) is 15.1. The molecule has 0 radical (unpaired) electrons. The molecule has 2 aromatic rings. The van der Waals surface area contributed by atoms with Gasteiger partial charge >= 0.3 is 0 Å². The molecule has 96 valence electrons. The Morgan fingerprint density at radius 2 is 2.17 bits per heavy atom. The first-order valence-electron chi connectivity index (χ1n) is 6.03. The SMILES string of the molecule is Cc1[nH]c2ccc(Cl)cc2c1CC(=O)NC(C)C. The Balaban J connectivity index is 2.35. The Morgan fingerprint density at radius 3 is 2.83 bits per heavy atom. The minimum Gasteiger partial charge on any atom is -0.358 e. The van der Waals surface area contributed by atoms with Crippen molar-refractivity contribution in [3.05, 3.63) is 34.5 Å². The second-order valence-corrected chi connectivity index (χ2v) is 5.25. The Hall–Kier alpha value is -1.48. The maximum Gasteiger partial charge on any atom is 0.224 e. The maximum atomic E-state index is 11.8.